The van der Waals surface area contributed by atoms with Crippen molar-refractivity contribution in [1.82, 2.24) is 9.62 Å². The molecule has 9 heteroatoms. The molecule has 1 aromatic rings. The lowest BCUT2D eigenvalue weighted by Crippen LogP contribution is -2.30. The number of hydrogen-bond donors (Lipinski definition) is 1. The minimum absolute atomic E-state index is 0.0237. The molecule has 0 aliphatic carbocycles. The van der Waals surface area contributed by atoms with Gasteiger partial charge in [-0.3, -0.25) is 4.79 Å². The first-order valence-corrected chi connectivity index (χ1v) is 9.27. The largest absolute Gasteiger partial charge is 0.460 e. The molecule has 0 fully saturated rings. The van der Waals surface area contributed by atoms with Gasteiger partial charge in [-0.25, -0.2) is 13.2 Å². The van der Waals surface area contributed by atoms with Crippen molar-refractivity contribution in [2.45, 2.75) is 25.7 Å². The van der Waals surface area contributed by atoms with E-state index < -0.39 is 16.0 Å². The van der Waals surface area contributed by atoms with Gasteiger partial charge in [-0.1, -0.05) is 25.4 Å². The number of carbonyl (C=O) groups excluding carboxylic acids is 2. The van der Waals surface area contributed by atoms with Crippen LogP contribution in [0.25, 0.3) is 0 Å². The number of ether oxygens (including phenoxy) is 1. The number of halogens is 1. The van der Waals surface area contributed by atoms with Crippen molar-refractivity contribution in [1.29, 1.82) is 0 Å². The molecule has 1 rings (SSSR count). The monoisotopic (exact) mass is 376 g/mol. The highest BCUT2D eigenvalue weighted by Crippen LogP contribution is 2.23. The third kappa shape index (κ3) is 5.19. The predicted molar refractivity (Wildman–Crippen MR) is 90.5 cm³/mol. The summed E-state index contributed by atoms with van der Waals surface area (Å²) >= 11 is 5.97. The molecule has 0 heterocycles. The van der Waals surface area contributed by atoms with E-state index in [9.17, 15) is 18.0 Å². The lowest BCUT2D eigenvalue weighted by Gasteiger charge is -2.19. The average Bonchev–Trinajstić information content (AvgIpc) is 2.52. The van der Waals surface area contributed by atoms with Gasteiger partial charge in [0.1, 0.15) is 6.61 Å². The third-order valence-corrected chi connectivity index (χ3v) is 5.59. The number of carbonyl (C=O) groups is 2. The Balaban J connectivity index is 2.97. The van der Waals surface area contributed by atoms with E-state index in [2.05, 4.69) is 5.32 Å². The van der Waals surface area contributed by atoms with Crippen LogP contribution in [0.15, 0.2) is 23.1 Å². The molecule has 0 aliphatic rings. The van der Waals surface area contributed by atoms with Crippen LogP contribution in [0.5, 0.6) is 0 Å². The number of sulfonamides is 1. The van der Waals surface area contributed by atoms with E-state index in [1.807, 2.05) is 0 Å². The second-order valence-corrected chi connectivity index (χ2v) is 7.19. The Bertz CT molecular complexity index is 702. The molecule has 0 unspecified atom stereocenters. The van der Waals surface area contributed by atoms with Crippen LogP contribution in [-0.4, -0.2) is 50.8 Å². The van der Waals surface area contributed by atoms with Gasteiger partial charge >= 0.3 is 5.97 Å². The summed E-state index contributed by atoms with van der Waals surface area (Å²) in [5, 5.41) is 2.58. The van der Waals surface area contributed by atoms with Gasteiger partial charge in [0, 0.05) is 20.0 Å². The maximum absolute atomic E-state index is 12.5. The zero-order valence-electron chi connectivity index (χ0n) is 13.8. The van der Waals surface area contributed by atoms with Crippen LogP contribution in [-0.2, 0) is 19.6 Å². The van der Waals surface area contributed by atoms with Crippen molar-refractivity contribution in [2.75, 3.05) is 26.2 Å². The van der Waals surface area contributed by atoms with Crippen LogP contribution in [0, 0.1) is 0 Å². The van der Waals surface area contributed by atoms with Crippen LogP contribution in [0.1, 0.15) is 31.1 Å². The van der Waals surface area contributed by atoms with Crippen LogP contribution < -0.4 is 5.32 Å². The van der Waals surface area contributed by atoms with Gasteiger partial charge in [0.25, 0.3) is 0 Å². The Morgan fingerprint density at radius 1 is 1.25 bits per heavy atom. The number of nitrogens with one attached hydrogen (secondary N) is 1. The number of rotatable bonds is 8. The van der Waals surface area contributed by atoms with E-state index >= 15 is 0 Å². The number of benzene rings is 1. The number of hydrogen-bond acceptors (Lipinski definition) is 5. The van der Waals surface area contributed by atoms with Crippen molar-refractivity contribution in [3.63, 3.8) is 0 Å². The molecule has 7 nitrogen and oxygen atoms in total. The molecular formula is C15H21ClN2O5S. The minimum Gasteiger partial charge on any atom is -0.460 e. The first kappa shape index (κ1) is 20.4. The molecule has 24 heavy (non-hydrogen) atoms. The fourth-order valence-corrected chi connectivity index (χ4v) is 3.66. The topological polar surface area (TPSA) is 92.8 Å². The number of nitrogens with zero attached hydrogens (tertiary/aromatic N) is 1. The summed E-state index contributed by atoms with van der Waals surface area (Å²) in [6.07, 6.45) is 0. The maximum Gasteiger partial charge on any atom is 0.339 e. The fourth-order valence-electron chi connectivity index (χ4n) is 1.98. The van der Waals surface area contributed by atoms with Crippen molar-refractivity contribution in [2.24, 2.45) is 0 Å². The second kappa shape index (κ2) is 9.00. The van der Waals surface area contributed by atoms with E-state index in [1.54, 1.807) is 13.8 Å². The lowest BCUT2D eigenvalue weighted by atomic mass is 10.2. The molecule has 0 aromatic heterocycles. The Morgan fingerprint density at radius 2 is 1.88 bits per heavy atom. The SMILES string of the molecule is CCN(CC)S(=O)(=O)c1ccc(Cl)c(C(=O)OCCNC(C)=O)c1. The van der Waals surface area contributed by atoms with E-state index in [0.717, 1.165) is 0 Å². The lowest BCUT2D eigenvalue weighted by molar-refractivity contribution is -0.119. The standard InChI is InChI=1S/C15H21ClN2O5S/c1-4-18(5-2)24(21,22)12-6-7-14(16)13(10-12)15(20)23-9-8-17-11(3)19/h6-7,10H,4-5,8-9H2,1-3H3,(H,17,19). The average molecular weight is 377 g/mol. The Hall–Kier alpha value is -1.64. The summed E-state index contributed by atoms with van der Waals surface area (Å²) in [6.45, 7) is 5.57. The van der Waals surface area contributed by atoms with Crippen molar-refractivity contribution in [3.05, 3.63) is 28.8 Å². The molecule has 0 spiro atoms. The summed E-state index contributed by atoms with van der Waals surface area (Å²) in [5.74, 6) is -0.988. The van der Waals surface area contributed by atoms with Crippen LogP contribution >= 0.6 is 11.6 Å². The van der Waals surface area contributed by atoms with Gasteiger partial charge in [-0.05, 0) is 18.2 Å². The van der Waals surface area contributed by atoms with E-state index in [0.29, 0.717) is 13.1 Å². The molecule has 0 bridgehead atoms. The van der Waals surface area contributed by atoms with E-state index in [1.165, 1.54) is 29.4 Å². The van der Waals surface area contributed by atoms with Gasteiger partial charge in [-0.15, -0.1) is 0 Å². The second-order valence-electron chi connectivity index (χ2n) is 4.85. The smallest absolute Gasteiger partial charge is 0.339 e. The fraction of sp³-hybridized carbons (Fsp3) is 0.467. The Morgan fingerprint density at radius 3 is 2.42 bits per heavy atom. The zero-order chi connectivity index (χ0) is 18.3. The van der Waals surface area contributed by atoms with Gasteiger partial charge in [0.2, 0.25) is 15.9 Å². The van der Waals surface area contributed by atoms with Crippen molar-refractivity contribution >= 4 is 33.5 Å². The van der Waals surface area contributed by atoms with Gasteiger partial charge < -0.3 is 10.1 Å². The molecule has 1 amide bonds. The predicted octanol–water partition coefficient (Wildman–Crippen LogP) is 1.66. The van der Waals surface area contributed by atoms with Crippen molar-refractivity contribution < 1.29 is 22.7 Å². The molecular weight excluding hydrogens is 356 g/mol. The normalized spacial score (nSPS) is 11.4. The Kier molecular flexibility index (Phi) is 7.65. The molecule has 134 valence electrons. The molecule has 1 aromatic carbocycles. The highest BCUT2D eigenvalue weighted by atomic mass is 35.5. The first-order valence-electron chi connectivity index (χ1n) is 7.45. The first-order chi connectivity index (χ1) is 11.2. The number of amides is 1. The quantitative estimate of drug-likeness (QED) is 0.550. The van der Waals surface area contributed by atoms with Crippen LogP contribution in [0.2, 0.25) is 5.02 Å². The molecule has 0 atom stereocenters. The highest BCUT2D eigenvalue weighted by Gasteiger charge is 2.24. The molecule has 0 saturated carbocycles. The molecule has 1 N–H and O–H groups in total. The maximum atomic E-state index is 12.5. The summed E-state index contributed by atoms with van der Waals surface area (Å²) in [6, 6.07) is 3.91. The minimum atomic E-state index is -3.70. The van der Waals surface area contributed by atoms with E-state index in [-0.39, 0.29) is 34.5 Å². The zero-order valence-corrected chi connectivity index (χ0v) is 15.4. The molecule has 0 aliphatic heterocycles. The number of esters is 1. The molecule has 0 radical (unpaired) electrons. The summed E-state index contributed by atoms with van der Waals surface area (Å²) in [4.78, 5) is 22.8. The van der Waals surface area contributed by atoms with Gasteiger partial charge in [0.15, 0.2) is 0 Å². The van der Waals surface area contributed by atoms with Gasteiger partial charge in [0.05, 0.1) is 22.0 Å². The third-order valence-electron chi connectivity index (χ3n) is 3.21. The summed E-state index contributed by atoms with van der Waals surface area (Å²) in [5.41, 5.74) is -0.0345. The highest BCUT2D eigenvalue weighted by molar-refractivity contribution is 7.89. The van der Waals surface area contributed by atoms with E-state index in [4.69, 9.17) is 16.3 Å². The summed E-state index contributed by atoms with van der Waals surface area (Å²) in [7, 11) is -3.70. The van der Waals surface area contributed by atoms with Crippen LogP contribution in [0.3, 0.4) is 0 Å². The van der Waals surface area contributed by atoms with Crippen LogP contribution in [0.4, 0.5) is 0 Å². The Labute approximate surface area is 147 Å². The molecule has 0 saturated heterocycles. The van der Waals surface area contributed by atoms with Crippen molar-refractivity contribution in [3.8, 4) is 0 Å². The summed E-state index contributed by atoms with van der Waals surface area (Å²) < 4.78 is 31.3. The van der Waals surface area contributed by atoms with Gasteiger partial charge in [-0.2, -0.15) is 4.31 Å².